The highest BCUT2D eigenvalue weighted by Crippen LogP contribution is 2.33. The molecule has 0 bridgehead atoms. The first-order valence-electron chi connectivity index (χ1n) is 4.63. The zero-order valence-corrected chi connectivity index (χ0v) is 7.59. The Kier molecular flexibility index (Phi) is 1.93. The average Bonchev–Trinajstić information content (AvgIpc) is 2.87. The van der Waals surface area contributed by atoms with E-state index in [1.165, 1.54) is 18.5 Å². The van der Waals surface area contributed by atoms with Gasteiger partial charge in [0.05, 0.1) is 0 Å². The zero-order valence-electron chi connectivity index (χ0n) is 7.59. The second-order valence-corrected chi connectivity index (χ2v) is 3.65. The van der Waals surface area contributed by atoms with Crippen molar-refractivity contribution in [2.75, 3.05) is 7.05 Å². The van der Waals surface area contributed by atoms with Crippen LogP contribution < -0.4 is 5.32 Å². The minimum Gasteiger partial charge on any atom is -0.349 e. The Labute approximate surface area is 73.9 Å². The molecule has 0 saturated heterocycles. The van der Waals surface area contributed by atoms with Crippen molar-refractivity contribution in [1.29, 1.82) is 0 Å². The van der Waals surface area contributed by atoms with Crippen LogP contribution in [0, 0.1) is 0 Å². The summed E-state index contributed by atoms with van der Waals surface area (Å²) in [6.45, 7) is 4.09. The van der Waals surface area contributed by atoms with Gasteiger partial charge in [-0.05, 0) is 19.9 Å². The first-order chi connectivity index (χ1) is 5.81. The second-order valence-electron chi connectivity index (χ2n) is 3.65. The maximum Gasteiger partial charge on any atom is 0.0334 e. The Morgan fingerprint density at radius 3 is 2.83 bits per heavy atom. The van der Waals surface area contributed by atoms with Crippen molar-refractivity contribution >= 4 is 0 Å². The van der Waals surface area contributed by atoms with E-state index in [0.29, 0.717) is 6.04 Å². The molecule has 1 aliphatic heterocycles. The van der Waals surface area contributed by atoms with Crippen LogP contribution in [-0.2, 0) is 0 Å². The van der Waals surface area contributed by atoms with Gasteiger partial charge in [0.15, 0.2) is 0 Å². The van der Waals surface area contributed by atoms with E-state index in [9.17, 15) is 0 Å². The highest BCUT2D eigenvalue weighted by Gasteiger charge is 2.30. The highest BCUT2D eigenvalue weighted by molar-refractivity contribution is 5.16. The summed E-state index contributed by atoms with van der Waals surface area (Å²) in [6.07, 6.45) is 8.16. The van der Waals surface area contributed by atoms with Gasteiger partial charge in [0, 0.05) is 30.4 Å². The molecule has 1 atom stereocenters. The molecule has 0 aromatic rings. The molecule has 2 aliphatic rings. The minimum atomic E-state index is 0.493. The Hall–Kier alpha value is -0.760. The molecule has 0 radical (unpaired) electrons. The lowest BCUT2D eigenvalue weighted by molar-refractivity contribution is 0.400. The van der Waals surface area contributed by atoms with E-state index in [2.05, 4.69) is 29.1 Å². The van der Waals surface area contributed by atoms with Crippen LogP contribution in [0.25, 0.3) is 0 Å². The Morgan fingerprint density at radius 1 is 1.58 bits per heavy atom. The van der Waals surface area contributed by atoms with Crippen LogP contribution in [0.15, 0.2) is 24.6 Å². The molecule has 0 amide bonds. The van der Waals surface area contributed by atoms with Crippen LogP contribution >= 0.6 is 0 Å². The molecule has 1 heterocycles. The quantitative estimate of drug-likeness (QED) is 0.665. The molecule has 1 fully saturated rings. The van der Waals surface area contributed by atoms with Gasteiger partial charge in [-0.25, -0.2) is 0 Å². The van der Waals surface area contributed by atoms with Crippen molar-refractivity contribution in [2.45, 2.75) is 31.3 Å². The molecule has 1 unspecified atom stereocenters. The van der Waals surface area contributed by atoms with Crippen molar-refractivity contribution < 1.29 is 0 Å². The van der Waals surface area contributed by atoms with Crippen molar-refractivity contribution in [3.63, 3.8) is 0 Å². The third-order valence-corrected chi connectivity index (χ3v) is 2.61. The summed E-state index contributed by atoms with van der Waals surface area (Å²) in [5.41, 5.74) is 1.26. The lowest BCUT2D eigenvalue weighted by Gasteiger charge is -2.29. The summed E-state index contributed by atoms with van der Waals surface area (Å²) < 4.78 is 0. The number of hydrogen-bond donors (Lipinski definition) is 1. The lowest BCUT2D eigenvalue weighted by atomic mass is 10.1. The molecule has 2 nitrogen and oxygen atoms in total. The summed E-state index contributed by atoms with van der Waals surface area (Å²) in [5.74, 6) is 0. The van der Waals surface area contributed by atoms with Crippen LogP contribution in [0.3, 0.4) is 0 Å². The fourth-order valence-corrected chi connectivity index (χ4v) is 1.66. The van der Waals surface area contributed by atoms with Crippen molar-refractivity contribution in [1.82, 2.24) is 10.2 Å². The predicted octanol–water partition coefficient (Wildman–Crippen LogP) is 1.47. The molecule has 0 aromatic heterocycles. The van der Waals surface area contributed by atoms with E-state index in [0.717, 1.165) is 12.5 Å². The third kappa shape index (κ3) is 1.39. The van der Waals surface area contributed by atoms with Crippen LogP contribution in [0.5, 0.6) is 0 Å². The Morgan fingerprint density at radius 2 is 2.33 bits per heavy atom. The van der Waals surface area contributed by atoms with Crippen LogP contribution in [0.1, 0.15) is 19.3 Å². The first-order valence-corrected chi connectivity index (χ1v) is 4.63. The van der Waals surface area contributed by atoms with Gasteiger partial charge in [-0.3, -0.25) is 0 Å². The molecular weight excluding hydrogens is 148 g/mol. The third-order valence-electron chi connectivity index (χ3n) is 2.61. The normalized spacial score (nSPS) is 29.6. The number of likely N-dealkylation sites (N-methyl/N-ethyl adjacent to an activating group) is 1. The molecule has 1 aliphatic carbocycles. The molecule has 1 saturated carbocycles. The van der Waals surface area contributed by atoms with Crippen molar-refractivity contribution in [3.05, 3.63) is 24.6 Å². The van der Waals surface area contributed by atoms with E-state index in [-0.39, 0.29) is 0 Å². The van der Waals surface area contributed by atoms with E-state index >= 15 is 0 Å². The molecule has 1 N–H and O–H groups in total. The molecule has 2 heteroatoms. The van der Waals surface area contributed by atoms with E-state index in [1.54, 1.807) is 0 Å². The Bertz CT molecular complexity index is 216. The standard InChI is InChI=1S/C10H16N2/c1-8-7-9(11-2)5-6-12(8)10-3-4-10/h5-6,9-11H,1,3-4,7H2,2H3. The summed E-state index contributed by atoms with van der Waals surface area (Å²) in [7, 11) is 2.00. The average molecular weight is 164 g/mol. The molecular formula is C10H16N2. The zero-order chi connectivity index (χ0) is 8.55. The summed E-state index contributed by atoms with van der Waals surface area (Å²) >= 11 is 0. The lowest BCUT2D eigenvalue weighted by Crippen LogP contribution is -2.32. The highest BCUT2D eigenvalue weighted by atomic mass is 15.2. The van der Waals surface area contributed by atoms with Crippen LogP contribution in [-0.4, -0.2) is 24.0 Å². The molecule has 0 spiro atoms. The molecule has 0 aromatic carbocycles. The first kappa shape index (κ1) is 7.87. The van der Waals surface area contributed by atoms with Gasteiger partial charge < -0.3 is 10.2 Å². The largest absolute Gasteiger partial charge is 0.349 e. The minimum absolute atomic E-state index is 0.493. The summed E-state index contributed by atoms with van der Waals surface area (Å²) in [5, 5.41) is 3.24. The van der Waals surface area contributed by atoms with Crippen LogP contribution in [0.4, 0.5) is 0 Å². The van der Waals surface area contributed by atoms with Gasteiger partial charge in [-0.2, -0.15) is 0 Å². The smallest absolute Gasteiger partial charge is 0.0334 e. The van der Waals surface area contributed by atoms with E-state index < -0.39 is 0 Å². The molecule has 66 valence electrons. The summed E-state index contributed by atoms with van der Waals surface area (Å²) in [4.78, 5) is 2.33. The second kappa shape index (κ2) is 2.94. The van der Waals surface area contributed by atoms with Gasteiger partial charge in [0.25, 0.3) is 0 Å². The topological polar surface area (TPSA) is 15.3 Å². The fourth-order valence-electron chi connectivity index (χ4n) is 1.66. The monoisotopic (exact) mass is 164 g/mol. The predicted molar refractivity (Wildman–Crippen MR) is 50.6 cm³/mol. The summed E-state index contributed by atoms with van der Waals surface area (Å²) in [6, 6.07) is 1.26. The van der Waals surface area contributed by atoms with Gasteiger partial charge >= 0.3 is 0 Å². The maximum atomic E-state index is 4.09. The van der Waals surface area contributed by atoms with E-state index in [4.69, 9.17) is 0 Å². The number of nitrogens with one attached hydrogen (secondary N) is 1. The van der Waals surface area contributed by atoms with Gasteiger partial charge in [-0.1, -0.05) is 12.7 Å². The van der Waals surface area contributed by atoms with E-state index in [1.807, 2.05) is 7.05 Å². The Balaban J connectivity index is 2.03. The van der Waals surface area contributed by atoms with Gasteiger partial charge in [0.1, 0.15) is 0 Å². The number of rotatable bonds is 2. The number of hydrogen-bond acceptors (Lipinski definition) is 2. The SMILES string of the molecule is C=C1CC(NC)C=CN1C1CC1. The van der Waals surface area contributed by atoms with Crippen LogP contribution in [0.2, 0.25) is 0 Å². The molecule has 2 rings (SSSR count). The number of nitrogens with zero attached hydrogens (tertiary/aromatic N) is 1. The molecule has 12 heavy (non-hydrogen) atoms. The van der Waals surface area contributed by atoms with Crippen molar-refractivity contribution in [2.24, 2.45) is 0 Å². The maximum absolute atomic E-state index is 4.09. The van der Waals surface area contributed by atoms with Gasteiger partial charge in [0.2, 0.25) is 0 Å². The van der Waals surface area contributed by atoms with Gasteiger partial charge in [-0.15, -0.1) is 0 Å². The fraction of sp³-hybridized carbons (Fsp3) is 0.600. The van der Waals surface area contributed by atoms with Crippen molar-refractivity contribution in [3.8, 4) is 0 Å².